The van der Waals surface area contributed by atoms with Gasteiger partial charge in [-0.1, -0.05) is 6.07 Å². The van der Waals surface area contributed by atoms with E-state index in [0.717, 1.165) is 29.8 Å². The lowest BCUT2D eigenvalue weighted by atomic mass is 10.1. The van der Waals surface area contributed by atoms with E-state index < -0.39 is 0 Å². The molecule has 0 unspecified atom stereocenters. The third kappa shape index (κ3) is 2.98. The average Bonchev–Trinajstić information content (AvgIpc) is 2.92. The van der Waals surface area contributed by atoms with Crippen molar-refractivity contribution in [2.24, 2.45) is 0 Å². The molecule has 110 valence electrons. The van der Waals surface area contributed by atoms with Crippen LogP contribution in [0.3, 0.4) is 0 Å². The molecule has 0 spiro atoms. The number of nitrogens with zero attached hydrogens (tertiary/aromatic N) is 1. The van der Waals surface area contributed by atoms with Crippen LogP contribution in [0.5, 0.6) is 0 Å². The Kier molecular flexibility index (Phi) is 4.03. The number of benzene rings is 1. The van der Waals surface area contributed by atoms with Crippen LogP contribution in [0.1, 0.15) is 27.3 Å². The first-order valence-corrected chi connectivity index (χ1v) is 7.43. The van der Waals surface area contributed by atoms with Gasteiger partial charge in [0.2, 0.25) is 0 Å². The largest absolute Gasteiger partial charge is 0.347 e. The number of aromatic nitrogens is 2. The van der Waals surface area contributed by atoms with Gasteiger partial charge in [0, 0.05) is 18.7 Å². The molecule has 0 aliphatic carbocycles. The summed E-state index contributed by atoms with van der Waals surface area (Å²) in [4.78, 5) is 12.2. The van der Waals surface area contributed by atoms with Gasteiger partial charge in [-0.25, -0.2) is 4.39 Å². The van der Waals surface area contributed by atoms with Crippen LogP contribution in [0.2, 0.25) is 0 Å². The highest BCUT2D eigenvalue weighted by Gasteiger charge is 2.20. The maximum atomic E-state index is 13.2. The number of carbonyl (C=O) groups excluding carboxylic acids is 1. The molecule has 1 amide bonds. The third-order valence-corrected chi connectivity index (χ3v) is 4.07. The smallest absolute Gasteiger partial charge is 0.269 e. The van der Waals surface area contributed by atoms with Crippen LogP contribution < -0.4 is 10.6 Å². The van der Waals surface area contributed by atoms with Gasteiger partial charge in [-0.05, 0) is 46.6 Å². The maximum absolute atomic E-state index is 13.2. The topological polar surface area (TPSA) is 69.8 Å². The number of fused-ring (bicyclic) bond motifs is 1. The van der Waals surface area contributed by atoms with E-state index in [9.17, 15) is 9.18 Å². The molecule has 21 heavy (non-hydrogen) atoms. The van der Waals surface area contributed by atoms with Crippen molar-refractivity contribution in [2.75, 3.05) is 6.54 Å². The van der Waals surface area contributed by atoms with Crippen LogP contribution >= 0.6 is 15.9 Å². The van der Waals surface area contributed by atoms with Gasteiger partial charge in [0.1, 0.15) is 11.5 Å². The van der Waals surface area contributed by atoms with Gasteiger partial charge in [-0.2, -0.15) is 5.10 Å². The number of amides is 1. The van der Waals surface area contributed by atoms with Crippen LogP contribution in [0, 0.1) is 5.82 Å². The number of halogens is 2. The fraction of sp³-hybridized carbons (Fsp3) is 0.286. The first-order chi connectivity index (χ1) is 10.1. The Labute approximate surface area is 129 Å². The van der Waals surface area contributed by atoms with Crippen molar-refractivity contribution in [3.05, 3.63) is 51.0 Å². The number of nitrogens with one attached hydrogen (secondary N) is 3. The predicted octanol–water partition coefficient (Wildman–Crippen LogP) is 1.89. The van der Waals surface area contributed by atoms with Gasteiger partial charge >= 0.3 is 0 Å². The molecule has 7 heteroatoms. The second-order valence-corrected chi connectivity index (χ2v) is 5.74. The van der Waals surface area contributed by atoms with E-state index in [2.05, 4.69) is 36.8 Å². The summed E-state index contributed by atoms with van der Waals surface area (Å²) < 4.78 is 13.5. The number of hydrogen-bond acceptors (Lipinski definition) is 3. The molecule has 1 aromatic carbocycles. The molecule has 1 aliphatic rings. The van der Waals surface area contributed by atoms with Crippen LogP contribution in [-0.2, 0) is 19.5 Å². The van der Waals surface area contributed by atoms with E-state index in [4.69, 9.17) is 0 Å². The highest BCUT2D eigenvalue weighted by molar-refractivity contribution is 9.10. The van der Waals surface area contributed by atoms with E-state index in [1.165, 1.54) is 6.07 Å². The van der Waals surface area contributed by atoms with Crippen LogP contribution in [-0.4, -0.2) is 22.6 Å². The maximum Gasteiger partial charge on any atom is 0.269 e. The summed E-state index contributed by atoms with van der Waals surface area (Å²) in [6, 6.07) is 4.67. The monoisotopic (exact) mass is 352 g/mol. The van der Waals surface area contributed by atoms with Gasteiger partial charge in [-0.3, -0.25) is 9.89 Å². The Morgan fingerprint density at radius 2 is 2.33 bits per heavy atom. The molecule has 1 aliphatic heterocycles. The van der Waals surface area contributed by atoms with Gasteiger partial charge < -0.3 is 10.6 Å². The highest BCUT2D eigenvalue weighted by atomic mass is 79.9. The summed E-state index contributed by atoms with van der Waals surface area (Å²) in [7, 11) is 0. The summed E-state index contributed by atoms with van der Waals surface area (Å²) >= 11 is 3.13. The van der Waals surface area contributed by atoms with Crippen LogP contribution in [0.15, 0.2) is 22.7 Å². The van der Waals surface area contributed by atoms with E-state index in [0.29, 0.717) is 23.3 Å². The van der Waals surface area contributed by atoms with E-state index in [1.807, 2.05) is 0 Å². The molecule has 0 bridgehead atoms. The van der Waals surface area contributed by atoms with Crippen molar-refractivity contribution >= 4 is 21.8 Å². The average molecular weight is 353 g/mol. The second kappa shape index (κ2) is 5.95. The molecule has 1 aromatic heterocycles. The Hall–Kier alpha value is -1.73. The van der Waals surface area contributed by atoms with Gasteiger partial charge in [-0.15, -0.1) is 0 Å². The molecule has 0 saturated heterocycles. The zero-order chi connectivity index (χ0) is 14.8. The quantitative estimate of drug-likeness (QED) is 0.789. The molecule has 0 fully saturated rings. The lowest BCUT2D eigenvalue weighted by Gasteiger charge is -2.12. The number of hydrogen-bond donors (Lipinski definition) is 3. The number of carbonyl (C=O) groups is 1. The predicted molar refractivity (Wildman–Crippen MR) is 79.3 cm³/mol. The molecular formula is C14H14BrFN4O. The standard InChI is InChI=1S/C14H14BrFN4O/c15-10-5-8(1-2-11(10)16)6-18-14(21)13-9-3-4-17-7-12(9)19-20-13/h1-2,5,17H,3-4,6-7H2,(H,18,21)(H,19,20). The summed E-state index contributed by atoms with van der Waals surface area (Å²) in [5.41, 5.74) is 3.22. The van der Waals surface area contributed by atoms with Crippen molar-refractivity contribution in [3.63, 3.8) is 0 Å². The van der Waals surface area contributed by atoms with Crippen molar-refractivity contribution in [3.8, 4) is 0 Å². The zero-order valence-electron chi connectivity index (χ0n) is 11.2. The Bertz CT molecular complexity index is 686. The summed E-state index contributed by atoms with van der Waals surface area (Å²) in [5.74, 6) is -0.508. The fourth-order valence-corrected chi connectivity index (χ4v) is 2.77. The minimum absolute atomic E-state index is 0.189. The number of rotatable bonds is 3. The summed E-state index contributed by atoms with van der Waals surface area (Å²) in [6.45, 7) is 1.87. The molecule has 3 rings (SSSR count). The Morgan fingerprint density at radius 1 is 1.48 bits per heavy atom. The van der Waals surface area contributed by atoms with Crippen LogP contribution in [0.25, 0.3) is 0 Å². The summed E-state index contributed by atoms with van der Waals surface area (Å²) in [5, 5.41) is 13.0. The lowest BCUT2D eigenvalue weighted by molar-refractivity contribution is 0.0945. The number of H-pyrrole nitrogens is 1. The second-order valence-electron chi connectivity index (χ2n) is 4.88. The Balaban J connectivity index is 1.69. The van der Waals surface area contributed by atoms with Crippen molar-refractivity contribution in [1.82, 2.24) is 20.8 Å². The van der Waals surface area contributed by atoms with Gasteiger partial charge in [0.05, 0.1) is 10.2 Å². The van der Waals surface area contributed by atoms with E-state index in [-0.39, 0.29) is 11.7 Å². The van der Waals surface area contributed by atoms with Crippen LogP contribution in [0.4, 0.5) is 4.39 Å². The molecule has 2 heterocycles. The van der Waals surface area contributed by atoms with E-state index in [1.54, 1.807) is 12.1 Å². The molecule has 2 aromatic rings. The highest BCUT2D eigenvalue weighted by Crippen LogP contribution is 2.18. The minimum atomic E-state index is -0.319. The van der Waals surface area contributed by atoms with Gasteiger partial charge in [0.25, 0.3) is 5.91 Å². The molecule has 0 saturated carbocycles. The zero-order valence-corrected chi connectivity index (χ0v) is 12.8. The molecule has 3 N–H and O–H groups in total. The first-order valence-electron chi connectivity index (χ1n) is 6.64. The number of aromatic amines is 1. The molecule has 0 atom stereocenters. The minimum Gasteiger partial charge on any atom is -0.347 e. The SMILES string of the molecule is O=C(NCc1ccc(F)c(Br)c1)c1[nH]nc2c1CCNC2. The van der Waals surface area contributed by atoms with Crippen molar-refractivity contribution in [1.29, 1.82) is 0 Å². The Morgan fingerprint density at radius 3 is 3.14 bits per heavy atom. The summed E-state index contributed by atoms with van der Waals surface area (Å²) in [6.07, 6.45) is 0.788. The van der Waals surface area contributed by atoms with Crippen molar-refractivity contribution < 1.29 is 9.18 Å². The molecular weight excluding hydrogens is 339 g/mol. The van der Waals surface area contributed by atoms with Crippen molar-refractivity contribution in [2.45, 2.75) is 19.5 Å². The normalized spacial score (nSPS) is 13.8. The van der Waals surface area contributed by atoms with Gasteiger partial charge in [0.15, 0.2) is 0 Å². The first kappa shape index (κ1) is 14.2. The fourth-order valence-electron chi connectivity index (χ4n) is 2.35. The third-order valence-electron chi connectivity index (χ3n) is 3.46. The van der Waals surface area contributed by atoms with E-state index >= 15 is 0 Å². The molecule has 0 radical (unpaired) electrons. The molecule has 5 nitrogen and oxygen atoms in total. The lowest BCUT2D eigenvalue weighted by Crippen LogP contribution is -2.27.